The van der Waals surface area contributed by atoms with Crippen LogP contribution < -0.4 is 5.32 Å². The van der Waals surface area contributed by atoms with Crippen molar-refractivity contribution in [1.82, 2.24) is 5.32 Å². The van der Waals surface area contributed by atoms with E-state index in [0.29, 0.717) is 6.42 Å². The Labute approximate surface area is 130 Å². The van der Waals surface area contributed by atoms with Crippen molar-refractivity contribution < 1.29 is 24.5 Å². The number of aliphatic hydroxyl groups is 1. The standard InChI is InChI=1S/C16H23NO5/c1-16(2,3)22-15(21)17-12(13(18)10-14(19)20)9-11-7-5-4-6-8-11/h4-8,12-13,18H,9-10H2,1-3H3,(H,17,21)(H,19,20)/t12-,13?/m0/s1. The number of alkyl carbamates (subject to hydrolysis) is 1. The Balaban J connectivity index is 2.77. The van der Waals surface area contributed by atoms with Crippen LogP contribution in [0.4, 0.5) is 4.79 Å². The first-order chi connectivity index (χ1) is 10.2. The molecule has 1 amide bonds. The predicted octanol–water partition coefficient (Wildman–Crippen LogP) is 1.96. The molecule has 0 aliphatic rings. The second kappa shape index (κ2) is 7.79. The molecule has 0 aliphatic heterocycles. The summed E-state index contributed by atoms with van der Waals surface area (Å²) in [5, 5.41) is 21.4. The molecule has 0 fully saturated rings. The van der Waals surface area contributed by atoms with Gasteiger partial charge in [0.05, 0.1) is 18.6 Å². The number of amides is 1. The molecule has 0 aliphatic carbocycles. The first-order valence-corrected chi connectivity index (χ1v) is 7.10. The van der Waals surface area contributed by atoms with Crippen molar-refractivity contribution in [2.24, 2.45) is 0 Å². The van der Waals surface area contributed by atoms with Crippen molar-refractivity contribution in [1.29, 1.82) is 0 Å². The lowest BCUT2D eigenvalue weighted by atomic mass is 9.99. The number of carboxylic acid groups (broad SMARTS) is 1. The van der Waals surface area contributed by atoms with Crippen LogP contribution in [0.25, 0.3) is 0 Å². The Morgan fingerprint density at radius 2 is 1.82 bits per heavy atom. The minimum atomic E-state index is -1.20. The highest BCUT2D eigenvalue weighted by Gasteiger charge is 2.26. The van der Waals surface area contributed by atoms with Gasteiger partial charge in [0.2, 0.25) is 0 Å². The monoisotopic (exact) mass is 309 g/mol. The van der Waals surface area contributed by atoms with Gasteiger partial charge in [-0.2, -0.15) is 0 Å². The summed E-state index contributed by atoms with van der Waals surface area (Å²) in [6.45, 7) is 5.19. The van der Waals surface area contributed by atoms with Crippen LogP contribution in [-0.2, 0) is 16.0 Å². The van der Waals surface area contributed by atoms with Crippen molar-refractivity contribution in [3.8, 4) is 0 Å². The quantitative estimate of drug-likeness (QED) is 0.746. The van der Waals surface area contributed by atoms with Crippen LogP contribution in [0.5, 0.6) is 0 Å². The highest BCUT2D eigenvalue weighted by atomic mass is 16.6. The van der Waals surface area contributed by atoms with Crippen LogP contribution in [0.3, 0.4) is 0 Å². The molecule has 0 heterocycles. The Kier molecular flexibility index (Phi) is 6.37. The lowest BCUT2D eigenvalue weighted by Crippen LogP contribution is -2.47. The average Bonchev–Trinajstić information content (AvgIpc) is 2.36. The number of carboxylic acids is 1. The van der Waals surface area contributed by atoms with E-state index in [-0.39, 0.29) is 0 Å². The first kappa shape index (κ1) is 18.0. The van der Waals surface area contributed by atoms with E-state index in [1.807, 2.05) is 30.3 Å². The van der Waals surface area contributed by atoms with Crippen molar-refractivity contribution in [3.63, 3.8) is 0 Å². The number of nitrogens with one attached hydrogen (secondary N) is 1. The van der Waals surface area contributed by atoms with Gasteiger partial charge in [-0.15, -0.1) is 0 Å². The van der Waals surface area contributed by atoms with Gasteiger partial charge in [0.25, 0.3) is 0 Å². The molecule has 1 aromatic carbocycles. The van der Waals surface area contributed by atoms with Gasteiger partial charge in [0, 0.05) is 0 Å². The topological polar surface area (TPSA) is 95.9 Å². The zero-order chi connectivity index (χ0) is 16.8. The maximum absolute atomic E-state index is 11.9. The maximum Gasteiger partial charge on any atom is 0.407 e. The Morgan fingerprint density at radius 3 is 2.32 bits per heavy atom. The van der Waals surface area contributed by atoms with E-state index in [9.17, 15) is 14.7 Å². The number of hydrogen-bond donors (Lipinski definition) is 3. The molecule has 1 rings (SSSR count). The molecule has 3 N–H and O–H groups in total. The number of aliphatic hydroxyl groups excluding tert-OH is 1. The van der Waals surface area contributed by atoms with E-state index in [0.717, 1.165) is 5.56 Å². The molecule has 2 atom stereocenters. The SMILES string of the molecule is CC(C)(C)OC(=O)N[C@@H](Cc1ccccc1)C(O)CC(=O)O. The molecule has 6 heteroatoms. The Morgan fingerprint density at radius 1 is 1.23 bits per heavy atom. The average molecular weight is 309 g/mol. The third-order valence-electron chi connectivity index (χ3n) is 2.85. The summed E-state index contributed by atoms with van der Waals surface area (Å²) in [7, 11) is 0. The van der Waals surface area contributed by atoms with Gasteiger partial charge in [-0.3, -0.25) is 4.79 Å². The van der Waals surface area contributed by atoms with Gasteiger partial charge in [-0.1, -0.05) is 30.3 Å². The minimum absolute atomic E-state index is 0.314. The summed E-state index contributed by atoms with van der Waals surface area (Å²) in [5.41, 5.74) is 0.215. The fourth-order valence-corrected chi connectivity index (χ4v) is 1.93. The summed E-state index contributed by atoms with van der Waals surface area (Å²) in [6, 6.07) is 8.47. The molecule has 0 spiro atoms. The molecule has 1 aromatic rings. The number of carbonyl (C=O) groups is 2. The number of benzene rings is 1. The number of aliphatic carboxylic acids is 1. The minimum Gasteiger partial charge on any atom is -0.481 e. The van der Waals surface area contributed by atoms with E-state index in [4.69, 9.17) is 9.84 Å². The molecule has 0 bridgehead atoms. The first-order valence-electron chi connectivity index (χ1n) is 7.10. The predicted molar refractivity (Wildman–Crippen MR) is 81.6 cm³/mol. The second-order valence-electron chi connectivity index (χ2n) is 6.11. The molecule has 6 nitrogen and oxygen atoms in total. The van der Waals surface area contributed by atoms with Crippen molar-refractivity contribution >= 4 is 12.1 Å². The van der Waals surface area contributed by atoms with Crippen molar-refractivity contribution in [2.45, 2.75) is 51.4 Å². The number of hydrogen-bond acceptors (Lipinski definition) is 4. The number of ether oxygens (including phenoxy) is 1. The smallest absolute Gasteiger partial charge is 0.407 e. The molecule has 0 saturated carbocycles. The third kappa shape index (κ3) is 7.08. The molecular weight excluding hydrogens is 286 g/mol. The van der Waals surface area contributed by atoms with Gasteiger partial charge < -0.3 is 20.3 Å². The van der Waals surface area contributed by atoms with Gasteiger partial charge >= 0.3 is 12.1 Å². The summed E-state index contributed by atoms with van der Waals surface area (Å²) >= 11 is 0. The molecule has 0 radical (unpaired) electrons. The maximum atomic E-state index is 11.9. The zero-order valence-electron chi connectivity index (χ0n) is 13.1. The molecule has 0 aromatic heterocycles. The lowest BCUT2D eigenvalue weighted by molar-refractivity contribution is -0.139. The zero-order valence-corrected chi connectivity index (χ0v) is 13.1. The highest BCUT2D eigenvalue weighted by molar-refractivity contribution is 5.69. The van der Waals surface area contributed by atoms with E-state index in [2.05, 4.69) is 5.32 Å². The van der Waals surface area contributed by atoms with Crippen LogP contribution in [0, 0.1) is 0 Å². The molecule has 0 saturated heterocycles. The van der Waals surface area contributed by atoms with Crippen molar-refractivity contribution in [2.75, 3.05) is 0 Å². The van der Waals surface area contributed by atoms with Gasteiger partial charge in [0.15, 0.2) is 0 Å². The molecule has 1 unspecified atom stereocenters. The number of carbonyl (C=O) groups excluding carboxylic acids is 1. The van der Waals surface area contributed by atoms with Crippen LogP contribution in [0.15, 0.2) is 30.3 Å². The van der Waals surface area contributed by atoms with Crippen LogP contribution >= 0.6 is 0 Å². The number of rotatable bonds is 6. The van der Waals surface area contributed by atoms with Crippen molar-refractivity contribution in [3.05, 3.63) is 35.9 Å². The normalized spacial score (nSPS) is 14.0. The summed E-state index contributed by atoms with van der Waals surface area (Å²) < 4.78 is 5.15. The fourth-order valence-electron chi connectivity index (χ4n) is 1.93. The van der Waals surface area contributed by atoms with Crippen LogP contribution in [0.2, 0.25) is 0 Å². The summed E-state index contributed by atoms with van der Waals surface area (Å²) in [4.78, 5) is 22.6. The van der Waals surface area contributed by atoms with E-state index in [1.54, 1.807) is 20.8 Å². The molecule has 22 heavy (non-hydrogen) atoms. The van der Waals surface area contributed by atoms with Gasteiger partial charge in [-0.05, 0) is 32.8 Å². The van der Waals surface area contributed by atoms with E-state index in [1.165, 1.54) is 0 Å². The third-order valence-corrected chi connectivity index (χ3v) is 2.85. The fraction of sp³-hybridized carbons (Fsp3) is 0.500. The van der Waals surface area contributed by atoms with Crippen LogP contribution in [0.1, 0.15) is 32.8 Å². The largest absolute Gasteiger partial charge is 0.481 e. The second-order valence-corrected chi connectivity index (χ2v) is 6.11. The van der Waals surface area contributed by atoms with Gasteiger partial charge in [0.1, 0.15) is 5.60 Å². The lowest BCUT2D eigenvalue weighted by Gasteiger charge is -2.26. The van der Waals surface area contributed by atoms with E-state index < -0.39 is 36.2 Å². The Bertz CT molecular complexity index is 495. The summed E-state index contributed by atoms with van der Waals surface area (Å²) in [5.74, 6) is -1.13. The van der Waals surface area contributed by atoms with E-state index >= 15 is 0 Å². The van der Waals surface area contributed by atoms with Crippen LogP contribution in [-0.4, -0.2) is 40.0 Å². The highest BCUT2D eigenvalue weighted by Crippen LogP contribution is 2.11. The molecular formula is C16H23NO5. The Hall–Kier alpha value is -2.08. The van der Waals surface area contributed by atoms with Gasteiger partial charge in [-0.25, -0.2) is 4.79 Å². The summed E-state index contributed by atoms with van der Waals surface area (Å²) in [6.07, 6.45) is -2.02. The molecule has 122 valence electrons.